The molecule has 0 bridgehead atoms. The molecule has 0 aliphatic carbocycles. The van der Waals surface area contributed by atoms with E-state index in [0.717, 1.165) is 71.6 Å². The molecule has 4 aromatic rings. The summed E-state index contributed by atoms with van der Waals surface area (Å²) in [4.78, 5) is 16.1. The summed E-state index contributed by atoms with van der Waals surface area (Å²) >= 11 is -2.26. The highest BCUT2D eigenvalue weighted by Crippen LogP contribution is 2.30. The zero-order chi connectivity index (χ0) is 23.5. The number of hydrogen-bond donors (Lipinski definition) is 1. The highest BCUT2D eigenvalue weighted by Gasteiger charge is 2.23. The van der Waals surface area contributed by atoms with Crippen LogP contribution in [0.5, 0.6) is 0 Å². The molecule has 176 valence electrons. The summed E-state index contributed by atoms with van der Waals surface area (Å²) in [5.41, 5.74) is 5.07. The van der Waals surface area contributed by atoms with Crippen LogP contribution in [-0.2, 0) is 28.6 Å². The molecule has 1 unspecified atom stereocenters. The maximum atomic E-state index is 10.7. The number of piperidine rings is 1. The number of rotatable bonds is 7. The van der Waals surface area contributed by atoms with Crippen molar-refractivity contribution in [2.45, 2.75) is 38.8 Å². The first kappa shape index (κ1) is 22.6. The minimum absolute atomic E-state index is 0.0958. The van der Waals surface area contributed by atoms with Crippen LogP contribution in [0.1, 0.15) is 36.9 Å². The van der Waals surface area contributed by atoms with Crippen LogP contribution in [0.15, 0.2) is 61.2 Å². The molecule has 9 heteroatoms. The van der Waals surface area contributed by atoms with Crippen LogP contribution >= 0.6 is 0 Å². The molecule has 1 aliphatic heterocycles. The molecule has 0 radical (unpaired) electrons. The van der Waals surface area contributed by atoms with Crippen molar-refractivity contribution in [1.29, 1.82) is 0 Å². The fourth-order valence-electron chi connectivity index (χ4n) is 4.45. The topological polar surface area (TPSA) is 93.4 Å². The minimum Gasteiger partial charge on any atom is -0.341 e. The van der Waals surface area contributed by atoms with E-state index in [1.807, 2.05) is 42.9 Å². The van der Waals surface area contributed by atoms with Crippen molar-refractivity contribution < 1.29 is 12.9 Å². The molecule has 1 fully saturated rings. The predicted octanol–water partition coefficient (Wildman–Crippen LogP) is 4.55. The van der Waals surface area contributed by atoms with Crippen molar-refractivity contribution in [3.8, 4) is 11.1 Å². The Labute approximate surface area is 201 Å². The Kier molecular flexibility index (Phi) is 6.66. The van der Waals surface area contributed by atoms with Crippen LogP contribution in [0.25, 0.3) is 22.2 Å². The summed E-state index contributed by atoms with van der Waals surface area (Å²) < 4.78 is 26.5. The maximum absolute atomic E-state index is 10.7. The number of aryl methyl sites for hydroxylation is 1. The van der Waals surface area contributed by atoms with E-state index in [-0.39, 0.29) is 6.61 Å². The van der Waals surface area contributed by atoms with Gasteiger partial charge >= 0.3 is 11.4 Å². The Hall–Kier alpha value is -3.14. The molecule has 34 heavy (non-hydrogen) atoms. The molecule has 1 aromatic carbocycles. The lowest BCUT2D eigenvalue weighted by Crippen LogP contribution is -2.35. The number of hydrogen-bond acceptors (Lipinski definition) is 6. The first-order valence-corrected chi connectivity index (χ1v) is 12.5. The smallest absolute Gasteiger partial charge is 0.302 e. The normalized spacial score (nSPS) is 15.6. The molecular formula is C25H27N5O3S. The van der Waals surface area contributed by atoms with E-state index in [1.165, 1.54) is 0 Å². The van der Waals surface area contributed by atoms with Gasteiger partial charge < -0.3 is 9.47 Å². The third-order valence-electron chi connectivity index (χ3n) is 6.41. The van der Waals surface area contributed by atoms with Crippen LogP contribution < -0.4 is 4.90 Å². The maximum Gasteiger partial charge on any atom is 0.302 e. The van der Waals surface area contributed by atoms with Crippen LogP contribution in [0.3, 0.4) is 0 Å². The van der Waals surface area contributed by atoms with Crippen molar-refractivity contribution in [2.24, 2.45) is 0 Å². The van der Waals surface area contributed by atoms with Gasteiger partial charge in [-0.25, -0.2) is 15.0 Å². The predicted molar refractivity (Wildman–Crippen MR) is 133 cm³/mol. The van der Waals surface area contributed by atoms with Gasteiger partial charge in [0.1, 0.15) is 5.65 Å². The lowest BCUT2D eigenvalue weighted by Gasteiger charge is -2.33. The number of pyridine rings is 1. The van der Waals surface area contributed by atoms with Crippen molar-refractivity contribution in [3.05, 3.63) is 72.3 Å². The van der Waals surface area contributed by atoms with Crippen molar-refractivity contribution in [2.75, 3.05) is 18.0 Å². The lowest BCUT2D eigenvalue weighted by molar-refractivity contribution is 0.297. The SMILES string of the molecule is CCc1cnc(N2CCC(n3ccc4cc(-c5ccc(COS(=O)O)cc5)cnc43)CC2)nc1. The average molecular weight is 478 g/mol. The van der Waals surface area contributed by atoms with Crippen LogP contribution in [0.4, 0.5) is 5.95 Å². The first-order valence-electron chi connectivity index (χ1n) is 11.5. The molecule has 1 aliphatic rings. The number of benzene rings is 1. The van der Waals surface area contributed by atoms with Gasteiger partial charge in [0.2, 0.25) is 5.95 Å². The van der Waals surface area contributed by atoms with Gasteiger partial charge in [0.05, 0.1) is 6.61 Å². The van der Waals surface area contributed by atoms with Crippen LogP contribution in [0.2, 0.25) is 0 Å². The minimum atomic E-state index is -2.26. The Bertz CT molecular complexity index is 1280. The van der Waals surface area contributed by atoms with Crippen LogP contribution in [0, 0.1) is 0 Å². The van der Waals surface area contributed by atoms with E-state index in [0.29, 0.717) is 6.04 Å². The van der Waals surface area contributed by atoms with Gasteiger partial charge in [0.15, 0.2) is 0 Å². The third kappa shape index (κ3) is 4.86. The molecule has 0 spiro atoms. The van der Waals surface area contributed by atoms with Gasteiger partial charge in [0.25, 0.3) is 0 Å². The summed E-state index contributed by atoms with van der Waals surface area (Å²) in [5.74, 6) is 0.818. The van der Waals surface area contributed by atoms with Crippen molar-refractivity contribution in [3.63, 3.8) is 0 Å². The molecule has 5 rings (SSSR count). The van der Waals surface area contributed by atoms with Gasteiger partial charge in [-0.15, -0.1) is 0 Å². The molecule has 0 amide bonds. The number of anilines is 1. The molecule has 1 N–H and O–H groups in total. The number of aromatic nitrogens is 4. The van der Waals surface area contributed by atoms with Gasteiger partial charge in [0, 0.05) is 54.9 Å². The largest absolute Gasteiger partial charge is 0.341 e. The molecule has 3 aromatic heterocycles. The fraction of sp³-hybridized carbons (Fsp3) is 0.320. The second-order valence-corrected chi connectivity index (χ2v) is 9.17. The molecule has 8 nitrogen and oxygen atoms in total. The fourth-order valence-corrected chi connectivity index (χ4v) is 4.68. The number of nitrogens with zero attached hydrogens (tertiary/aromatic N) is 5. The van der Waals surface area contributed by atoms with Gasteiger partial charge in [-0.1, -0.05) is 31.2 Å². The molecule has 0 saturated carbocycles. The molecule has 4 heterocycles. The molecule has 1 saturated heterocycles. The van der Waals surface area contributed by atoms with E-state index in [9.17, 15) is 4.21 Å². The van der Waals surface area contributed by atoms with E-state index in [1.54, 1.807) is 0 Å². The third-order valence-corrected chi connectivity index (χ3v) is 6.73. The average Bonchev–Trinajstić information content (AvgIpc) is 3.31. The first-order chi connectivity index (χ1) is 16.6. The zero-order valence-corrected chi connectivity index (χ0v) is 19.8. The van der Waals surface area contributed by atoms with Gasteiger partial charge in [-0.2, -0.15) is 4.21 Å². The Balaban J connectivity index is 1.27. The highest BCUT2D eigenvalue weighted by molar-refractivity contribution is 7.74. The quantitative estimate of drug-likeness (QED) is 0.390. The summed E-state index contributed by atoms with van der Waals surface area (Å²) in [6, 6.07) is 12.4. The van der Waals surface area contributed by atoms with Crippen molar-refractivity contribution >= 4 is 28.3 Å². The second kappa shape index (κ2) is 10.0. The van der Waals surface area contributed by atoms with Crippen molar-refractivity contribution in [1.82, 2.24) is 19.5 Å². The molecule has 1 atom stereocenters. The Morgan fingerprint density at radius 3 is 2.41 bits per heavy atom. The van der Waals surface area contributed by atoms with E-state index >= 15 is 0 Å². The molecular weight excluding hydrogens is 450 g/mol. The summed E-state index contributed by atoms with van der Waals surface area (Å²) in [5, 5.41) is 1.11. The van der Waals surface area contributed by atoms with Gasteiger partial charge in [-0.3, -0.25) is 8.74 Å². The summed E-state index contributed by atoms with van der Waals surface area (Å²) in [6.45, 7) is 4.06. The zero-order valence-electron chi connectivity index (χ0n) is 19.0. The monoisotopic (exact) mass is 477 g/mol. The van der Waals surface area contributed by atoms with Crippen LogP contribution in [-0.4, -0.2) is 41.4 Å². The Morgan fingerprint density at radius 1 is 1.00 bits per heavy atom. The standard InChI is InChI=1S/C25H27N5O3S/c1-2-18-14-27-25(28-15-18)29-10-8-23(9-11-29)30-12-7-21-13-22(16-26-24(21)30)20-5-3-19(4-6-20)17-33-34(31)32/h3-7,12-16,23H,2,8-11,17H2,1H3,(H,31,32). The lowest BCUT2D eigenvalue weighted by atomic mass is 10.0. The van der Waals surface area contributed by atoms with E-state index in [2.05, 4.69) is 44.7 Å². The summed E-state index contributed by atoms with van der Waals surface area (Å²) in [7, 11) is 0. The number of fused-ring (bicyclic) bond motifs is 1. The van der Waals surface area contributed by atoms with E-state index in [4.69, 9.17) is 13.7 Å². The summed E-state index contributed by atoms with van der Waals surface area (Å²) in [6.07, 6.45) is 10.9. The second-order valence-electron chi connectivity index (χ2n) is 8.50. The highest BCUT2D eigenvalue weighted by atomic mass is 32.2. The van der Waals surface area contributed by atoms with Gasteiger partial charge in [-0.05, 0) is 48.1 Å². The van der Waals surface area contributed by atoms with E-state index < -0.39 is 11.4 Å². The Morgan fingerprint density at radius 2 is 1.74 bits per heavy atom.